The molecule has 3 aromatic heterocycles. The number of halogens is 1. The Labute approximate surface area is 158 Å². The number of thiazole rings is 1. The van der Waals surface area contributed by atoms with Gasteiger partial charge in [-0.05, 0) is 48.5 Å². The largest absolute Gasteiger partial charge is 0.301 e. The summed E-state index contributed by atoms with van der Waals surface area (Å²) < 4.78 is 2.75. The van der Waals surface area contributed by atoms with Gasteiger partial charge in [-0.3, -0.25) is 14.5 Å². The van der Waals surface area contributed by atoms with Crippen molar-refractivity contribution in [2.45, 2.75) is 26.8 Å². The van der Waals surface area contributed by atoms with Crippen molar-refractivity contribution < 1.29 is 4.79 Å². The fourth-order valence-electron chi connectivity index (χ4n) is 3.19. The molecule has 6 nitrogen and oxygen atoms in total. The van der Waals surface area contributed by atoms with Crippen LogP contribution in [0, 0.1) is 13.8 Å². The molecular formula is C17H18BrN5OS. The standard InChI is InChI=1S/C17H18BrN5OS/c1-9-6-11(18)7-23-14(10(2)19-15(9)23)16(24)21-17-20-12-4-5-22(3)8-13(12)25-17/h6-7H,4-5,8H2,1-3H3,(H,20,21,24). The number of likely N-dealkylation sites (N-methyl/N-ethyl adjacent to an activating group) is 1. The molecule has 0 saturated carbocycles. The molecule has 3 aromatic rings. The number of nitrogens with one attached hydrogen (secondary N) is 1. The van der Waals surface area contributed by atoms with E-state index < -0.39 is 0 Å². The first kappa shape index (κ1) is 16.7. The molecule has 0 spiro atoms. The molecule has 0 atom stereocenters. The Hall–Kier alpha value is -1.77. The summed E-state index contributed by atoms with van der Waals surface area (Å²) in [6.45, 7) is 5.74. The molecule has 1 N–H and O–H groups in total. The molecule has 25 heavy (non-hydrogen) atoms. The summed E-state index contributed by atoms with van der Waals surface area (Å²) in [7, 11) is 2.10. The second-order valence-corrected chi connectivity index (χ2v) is 8.41. The number of amides is 1. The van der Waals surface area contributed by atoms with Crippen molar-refractivity contribution in [3.05, 3.63) is 44.3 Å². The highest BCUT2D eigenvalue weighted by Gasteiger charge is 2.22. The van der Waals surface area contributed by atoms with Gasteiger partial charge in [0.15, 0.2) is 5.13 Å². The van der Waals surface area contributed by atoms with Crippen LogP contribution < -0.4 is 5.32 Å². The van der Waals surface area contributed by atoms with Crippen LogP contribution in [-0.2, 0) is 13.0 Å². The van der Waals surface area contributed by atoms with Crippen molar-refractivity contribution in [3.63, 3.8) is 0 Å². The Kier molecular flexibility index (Phi) is 4.13. The van der Waals surface area contributed by atoms with Crippen LogP contribution in [0.1, 0.15) is 32.3 Å². The van der Waals surface area contributed by atoms with Gasteiger partial charge in [0.2, 0.25) is 0 Å². The van der Waals surface area contributed by atoms with Crippen molar-refractivity contribution >= 4 is 44.0 Å². The van der Waals surface area contributed by atoms with E-state index in [1.54, 1.807) is 11.3 Å². The van der Waals surface area contributed by atoms with Gasteiger partial charge >= 0.3 is 0 Å². The van der Waals surface area contributed by atoms with Gasteiger partial charge in [0, 0.05) is 35.1 Å². The minimum Gasteiger partial charge on any atom is -0.301 e. The normalized spacial score (nSPS) is 14.7. The molecular weight excluding hydrogens is 402 g/mol. The molecule has 0 aromatic carbocycles. The molecule has 0 unspecified atom stereocenters. The summed E-state index contributed by atoms with van der Waals surface area (Å²) >= 11 is 5.05. The van der Waals surface area contributed by atoms with Gasteiger partial charge in [0.05, 0.1) is 11.4 Å². The summed E-state index contributed by atoms with van der Waals surface area (Å²) in [6.07, 6.45) is 2.80. The average Bonchev–Trinajstić information content (AvgIpc) is 3.06. The van der Waals surface area contributed by atoms with Gasteiger partial charge in [0.25, 0.3) is 5.91 Å². The Morgan fingerprint density at radius 1 is 1.36 bits per heavy atom. The van der Waals surface area contributed by atoms with Crippen molar-refractivity contribution in [2.75, 3.05) is 18.9 Å². The monoisotopic (exact) mass is 419 g/mol. The second kappa shape index (κ2) is 6.19. The number of nitrogens with zero attached hydrogens (tertiary/aromatic N) is 4. The number of pyridine rings is 1. The first-order valence-corrected chi connectivity index (χ1v) is 9.66. The van der Waals surface area contributed by atoms with Gasteiger partial charge < -0.3 is 4.90 Å². The van der Waals surface area contributed by atoms with E-state index in [1.165, 1.54) is 4.88 Å². The first-order chi connectivity index (χ1) is 11.9. The highest BCUT2D eigenvalue weighted by molar-refractivity contribution is 9.10. The van der Waals surface area contributed by atoms with E-state index in [0.29, 0.717) is 16.5 Å². The first-order valence-electron chi connectivity index (χ1n) is 8.05. The third-order valence-corrected chi connectivity index (χ3v) is 5.83. The third-order valence-electron chi connectivity index (χ3n) is 4.40. The minimum absolute atomic E-state index is 0.179. The van der Waals surface area contributed by atoms with Crippen molar-refractivity contribution in [1.29, 1.82) is 0 Å². The van der Waals surface area contributed by atoms with Crippen LogP contribution in [0.2, 0.25) is 0 Å². The predicted octanol–water partition coefficient (Wildman–Crippen LogP) is 3.41. The van der Waals surface area contributed by atoms with Gasteiger partial charge in [-0.2, -0.15) is 0 Å². The molecule has 0 radical (unpaired) electrons. The summed E-state index contributed by atoms with van der Waals surface area (Å²) in [6, 6.07) is 1.99. The predicted molar refractivity (Wildman–Crippen MR) is 102 cm³/mol. The number of anilines is 1. The lowest BCUT2D eigenvalue weighted by molar-refractivity contribution is 0.102. The second-order valence-electron chi connectivity index (χ2n) is 6.41. The Morgan fingerprint density at radius 2 is 2.16 bits per heavy atom. The number of aromatic nitrogens is 3. The molecule has 1 aliphatic heterocycles. The van der Waals surface area contributed by atoms with Crippen LogP contribution in [0.15, 0.2) is 16.7 Å². The number of carbonyl (C=O) groups excluding carboxylic acids is 1. The fourth-order valence-corrected chi connectivity index (χ4v) is 4.82. The zero-order valence-electron chi connectivity index (χ0n) is 14.3. The lowest BCUT2D eigenvalue weighted by Gasteiger charge is -2.20. The van der Waals surface area contributed by atoms with Crippen molar-refractivity contribution in [3.8, 4) is 0 Å². The van der Waals surface area contributed by atoms with E-state index in [4.69, 9.17) is 0 Å². The molecule has 0 saturated heterocycles. The SMILES string of the molecule is Cc1nc2c(C)cc(Br)cn2c1C(=O)Nc1nc2c(s1)CN(C)CC2. The van der Waals surface area contributed by atoms with Gasteiger partial charge in [-0.25, -0.2) is 9.97 Å². The smallest absolute Gasteiger partial charge is 0.276 e. The molecule has 0 aliphatic carbocycles. The number of aryl methyl sites for hydroxylation is 2. The molecule has 130 valence electrons. The van der Waals surface area contributed by atoms with Gasteiger partial charge in [-0.15, -0.1) is 11.3 Å². The molecule has 4 heterocycles. The lowest BCUT2D eigenvalue weighted by Crippen LogP contribution is -2.25. The van der Waals surface area contributed by atoms with Crippen LogP contribution in [0.4, 0.5) is 5.13 Å². The van der Waals surface area contributed by atoms with Gasteiger partial charge in [0.1, 0.15) is 11.3 Å². The fraction of sp³-hybridized carbons (Fsp3) is 0.353. The number of hydrogen-bond donors (Lipinski definition) is 1. The third kappa shape index (κ3) is 2.98. The molecule has 1 aliphatic rings. The zero-order valence-corrected chi connectivity index (χ0v) is 16.7. The summed E-state index contributed by atoms with van der Waals surface area (Å²) in [5.74, 6) is -0.179. The van der Waals surface area contributed by atoms with Crippen LogP contribution >= 0.6 is 27.3 Å². The Bertz CT molecular complexity index is 993. The maximum Gasteiger partial charge on any atom is 0.276 e. The van der Waals surface area contributed by atoms with E-state index in [2.05, 4.69) is 43.2 Å². The van der Waals surface area contributed by atoms with E-state index in [9.17, 15) is 4.79 Å². The van der Waals surface area contributed by atoms with Crippen LogP contribution in [0.3, 0.4) is 0 Å². The van der Waals surface area contributed by atoms with Crippen LogP contribution in [0.5, 0.6) is 0 Å². The maximum absolute atomic E-state index is 12.9. The molecule has 0 fully saturated rings. The highest BCUT2D eigenvalue weighted by atomic mass is 79.9. The topological polar surface area (TPSA) is 62.5 Å². The Morgan fingerprint density at radius 3 is 2.96 bits per heavy atom. The maximum atomic E-state index is 12.9. The summed E-state index contributed by atoms with van der Waals surface area (Å²) in [5.41, 5.74) is 4.17. The van der Waals surface area contributed by atoms with Crippen LogP contribution in [0.25, 0.3) is 5.65 Å². The number of fused-ring (bicyclic) bond motifs is 2. The van der Waals surface area contributed by atoms with E-state index >= 15 is 0 Å². The highest BCUT2D eigenvalue weighted by Crippen LogP contribution is 2.28. The zero-order chi connectivity index (χ0) is 17.7. The Balaban J connectivity index is 1.68. The summed E-state index contributed by atoms with van der Waals surface area (Å²) in [4.78, 5) is 25.5. The van der Waals surface area contributed by atoms with E-state index in [1.807, 2.05) is 30.5 Å². The molecule has 4 rings (SSSR count). The minimum atomic E-state index is -0.179. The van der Waals surface area contributed by atoms with Gasteiger partial charge in [-0.1, -0.05) is 0 Å². The molecule has 8 heteroatoms. The summed E-state index contributed by atoms with van der Waals surface area (Å²) in [5, 5.41) is 3.62. The molecule has 1 amide bonds. The average molecular weight is 420 g/mol. The van der Waals surface area contributed by atoms with Crippen molar-refractivity contribution in [1.82, 2.24) is 19.3 Å². The molecule has 0 bridgehead atoms. The van der Waals surface area contributed by atoms with Crippen LogP contribution in [-0.4, -0.2) is 38.8 Å². The number of hydrogen-bond acceptors (Lipinski definition) is 5. The lowest BCUT2D eigenvalue weighted by atomic mass is 10.2. The number of imidazole rings is 1. The van der Waals surface area contributed by atoms with Crippen molar-refractivity contribution in [2.24, 2.45) is 0 Å². The van der Waals surface area contributed by atoms with E-state index in [-0.39, 0.29) is 5.91 Å². The quantitative estimate of drug-likeness (QED) is 0.690. The number of rotatable bonds is 2. The van der Waals surface area contributed by atoms with E-state index in [0.717, 1.165) is 40.9 Å². The number of carbonyl (C=O) groups is 1.